The van der Waals surface area contributed by atoms with Gasteiger partial charge in [-0.05, 0) is 17.2 Å². The predicted octanol–water partition coefficient (Wildman–Crippen LogP) is 1.44. The van der Waals surface area contributed by atoms with Gasteiger partial charge in [-0.15, -0.1) is 0 Å². The first-order valence-corrected chi connectivity index (χ1v) is 4.18. The van der Waals surface area contributed by atoms with Gasteiger partial charge in [0.15, 0.2) is 0 Å². The molecule has 3 heteroatoms. The van der Waals surface area contributed by atoms with Crippen LogP contribution in [0, 0.1) is 0 Å². The average Bonchev–Trinajstić information content (AvgIpc) is 2.56. The first kappa shape index (κ1) is 6.71. The van der Waals surface area contributed by atoms with Crippen molar-refractivity contribution >= 4 is 0 Å². The molecular formula is C10H7N3. The molecule has 3 nitrogen and oxygen atoms in total. The second-order valence-electron chi connectivity index (χ2n) is 3.14. The van der Waals surface area contributed by atoms with Crippen molar-refractivity contribution in [3.63, 3.8) is 0 Å². The Kier molecular flexibility index (Phi) is 1.22. The van der Waals surface area contributed by atoms with Crippen LogP contribution in [0.4, 0.5) is 0 Å². The van der Waals surface area contributed by atoms with E-state index in [1.54, 1.807) is 0 Å². The summed E-state index contributed by atoms with van der Waals surface area (Å²) in [5.74, 6) is 0. The van der Waals surface area contributed by atoms with Gasteiger partial charge >= 0.3 is 0 Å². The van der Waals surface area contributed by atoms with Gasteiger partial charge < -0.3 is 0 Å². The van der Waals surface area contributed by atoms with Crippen molar-refractivity contribution in [2.24, 2.45) is 0 Å². The number of hydrogen-bond acceptors (Lipinski definition) is 3. The van der Waals surface area contributed by atoms with E-state index in [4.69, 9.17) is 0 Å². The van der Waals surface area contributed by atoms with Crippen LogP contribution in [0.2, 0.25) is 0 Å². The van der Waals surface area contributed by atoms with Gasteiger partial charge in [-0.1, -0.05) is 0 Å². The summed E-state index contributed by atoms with van der Waals surface area (Å²) in [4.78, 5) is 4.11. The molecule has 13 heavy (non-hydrogen) atoms. The zero-order chi connectivity index (χ0) is 8.67. The van der Waals surface area contributed by atoms with Crippen LogP contribution >= 0.6 is 0 Å². The van der Waals surface area contributed by atoms with Crippen LogP contribution in [0.3, 0.4) is 0 Å². The van der Waals surface area contributed by atoms with E-state index in [2.05, 4.69) is 21.2 Å². The van der Waals surface area contributed by atoms with Gasteiger partial charge in [-0.25, -0.2) is 0 Å². The summed E-state index contributed by atoms with van der Waals surface area (Å²) in [6.45, 7) is 0. The molecule has 0 amide bonds. The fraction of sp³-hybridized carbons (Fsp3) is 0.100. The third-order valence-electron chi connectivity index (χ3n) is 2.40. The van der Waals surface area contributed by atoms with Crippen molar-refractivity contribution in [1.82, 2.24) is 15.2 Å². The van der Waals surface area contributed by atoms with Crippen LogP contribution in [0.25, 0.3) is 11.1 Å². The molecule has 0 unspecified atom stereocenters. The Morgan fingerprint density at radius 1 is 0.923 bits per heavy atom. The SMILES string of the molecule is c1cc2c(cn1)-c1cnncc1C2. The fourth-order valence-corrected chi connectivity index (χ4v) is 1.76. The minimum atomic E-state index is 0.961. The first-order valence-electron chi connectivity index (χ1n) is 4.18. The van der Waals surface area contributed by atoms with Gasteiger partial charge in [-0.3, -0.25) is 4.98 Å². The van der Waals surface area contributed by atoms with Crippen LogP contribution in [-0.2, 0) is 6.42 Å². The van der Waals surface area contributed by atoms with E-state index >= 15 is 0 Å². The lowest BCUT2D eigenvalue weighted by Gasteiger charge is -1.96. The van der Waals surface area contributed by atoms with Crippen LogP contribution in [0.1, 0.15) is 11.1 Å². The molecule has 2 aromatic rings. The van der Waals surface area contributed by atoms with Crippen molar-refractivity contribution in [3.05, 3.63) is 42.0 Å². The second-order valence-corrected chi connectivity index (χ2v) is 3.14. The van der Waals surface area contributed by atoms with Crippen LogP contribution in [-0.4, -0.2) is 15.2 Å². The Hall–Kier alpha value is -1.77. The summed E-state index contributed by atoms with van der Waals surface area (Å²) in [7, 11) is 0. The van der Waals surface area contributed by atoms with E-state index in [0.717, 1.165) is 6.42 Å². The number of hydrogen-bond donors (Lipinski definition) is 0. The Morgan fingerprint density at radius 3 is 2.77 bits per heavy atom. The maximum Gasteiger partial charge on any atom is 0.0578 e. The van der Waals surface area contributed by atoms with Gasteiger partial charge in [-0.2, -0.15) is 10.2 Å². The van der Waals surface area contributed by atoms with E-state index < -0.39 is 0 Å². The average molecular weight is 169 g/mol. The lowest BCUT2D eigenvalue weighted by atomic mass is 10.1. The number of rotatable bonds is 0. The molecule has 0 aromatic carbocycles. The minimum absolute atomic E-state index is 0.961. The summed E-state index contributed by atoms with van der Waals surface area (Å²) in [5, 5.41) is 7.75. The molecule has 0 N–H and O–H groups in total. The number of nitrogens with zero attached hydrogens (tertiary/aromatic N) is 3. The molecule has 0 aliphatic heterocycles. The first-order chi connectivity index (χ1) is 6.45. The summed E-state index contributed by atoms with van der Waals surface area (Å²) in [5.41, 5.74) is 4.95. The summed E-state index contributed by atoms with van der Waals surface area (Å²) < 4.78 is 0. The molecule has 0 saturated heterocycles. The number of aromatic nitrogens is 3. The quantitative estimate of drug-likeness (QED) is 0.511. The molecular weight excluding hydrogens is 162 g/mol. The monoisotopic (exact) mass is 169 g/mol. The summed E-state index contributed by atoms with van der Waals surface area (Å²) >= 11 is 0. The smallest absolute Gasteiger partial charge is 0.0578 e. The predicted molar refractivity (Wildman–Crippen MR) is 48.1 cm³/mol. The minimum Gasteiger partial charge on any atom is -0.264 e. The van der Waals surface area contributed by atoms with Crippen LogP contribution < -0.4 is 0 Å². The zero-order valence-corrected chi connectivity index (χ0v) is 6.94. The molecule has 3 rings (SSSR count). The Bertz CT molecular complexity index is 422. The van der Waals surface area contributed by atoms with Crippen LogP contribution in [0.5, 0.6) is 0 Å². The normalized spacial score (nSPS) is 12.3. The molecule has 2 heterocycles. The van der Waals surface area contributed by atoms with E-state index in [1.165, 1.54) is 22.3 Å². The lowest BCUT2D eigenvalue weighted by molar-refractivity contribution is 1.01. The van der Waals surface area contributed by atoms with E-state index in [1.807, 2.05) is 24.8 Å². The number of fused-ring (bicyclic) bond motifs is 3. The number of pyridine rings is 1. The van der Waals surface area contributed by atoms with Gasteiger partial charge in [0.1, 0.15) is 0 Å². The van der Waals surface area contributed by atoms with Gasteiger partial charge in [0, 0.05) is 29.9 Å². The van der Waals surface area contributed by atoms with Crippen molar-refractivity contribution in [2.75, 3.05) is 0 Å². The molecule has 0 saturated carbocycles. The summed E-state index contributed by atoms with van der Waals surface area (Å²) in [6, 6.07) is 2.05. The molecule has 1 aliphatic rings. The maximum atomic E-state index is 4.11. The molecule has 0 atom stereocenters. The van der Waals surface area contributed by atoms with Gasteiger partial charge in [0.05, 0.1) is 12.4 Å². The molecule has 62 valence electrons. The van der Waals surface area contributed by atoms with Crippen LogP contribution in [0.15, 0.2) is 30.9 Å². The lowest BCUT2D eigenvalue weighted by Crippen LogP contribution is -1.84. The highest BCUT2D eigenvalue weighted by molar-refractivity contribution is 5.74. The van der Waals surface area contributed by atoms with Gasteiger partial charge in [0.2, 0.25) is 0 Å². The highest BCUT2D eigenvalue weighted by atomic mass is 15.1. The molecule has 0 bridgehead atoms. The largest absolute Gasteiger partial charge is 0.264 e. The highest BCUT2D eigenvalue weighted by Gasteiger charge is 2.17. The molecule has 0 radical (unpaired) electrons. The highest BCUT2D eigenvalue weighted by Crippen LogP contribution is 2.33. The Labute approximate surface area is 75.5 Å². The third kappa shape index (κ3) is 0.869. The second kappa shape index (κ2) is 2.36. The van der Waals surface area contributed by atoms with Crippen molar-refractivity contribution < 1.29 is 0 Å². The standard InChI is InChI=1S/C10H7N3/c1-2-11-5-9-7(1)3-8-4-12-13-6-10(8)9/h1-2,4-6H,3H2. The molecule has 2 aromatic heterocycles. The van der Waals surface area contributed by atoms with Crippen molar-refractivity contribution in [3.8, 4) is 11.1 Å². The van der Waals surface area contributed by atoms with E-state index in [9.17, 15) is 0 Å². The van der Waals surface area contributed by atoms with Gasteiger partial charge in [0.25, 0.3) is 0 Å². The molecule has 0 spiro atoms. The Morgan fingerprint density at radius 2 is 1.77 bits per heavy atom. The third-order valence-corrected chi connectivity index (χ3v) is 2.40. The molecule has 1 aliphatic carbocycles. The van der Waals surface area contributed by atoms with E-state index in [0.29, 0.717) is 0 Å². The van der Waals surface area contributed by atoms with Crippen molar-refractivity contribution in [1.29, 1.82) is 0 Å². The summed E-state index contributed by atoms with van der Waals surface area (Å²) in [6.07, 6.45) is 8.31. The Balaban J connectivity index is 2.32. The topological polar surface area (TPSA) is 38.7 Å². The maximum absolute atomic E-state index is 4.11. The van der Waals surface area contributed by atoms with Crippen molar-refractivity contribution in [2.45, 2.75) is 6.42 Å². The molecule has 0 fully saturated rings. The zero-order valence-electron chi connectivity index (χ0n) is 6.94. The fourth-order valence-electron chi connectivity index (χ4n) is 1.76. The van der Waals surface area contributed by atoms with E-state index in [-0.39, 0.29) is 0 Å².